The molecule has 214 valence electrons. The summed E-state index contributed by atoms with van der Waals surface area (Å²) in [6.45, 7) is 2.45. The van der Waals surface area contributed by atoms with Crippen LogP contribution in [0.1, 0.15) is 23.4 Å². The van der Waals surface area contributed by atoms with Gasteiger partial charge in [-0.1, -0.05) is 18.1 Å². The Labute approximate surface area is 234 Å². The molecule has 0 spiro atoms. The Balaban J connectivity index is 1.26. The van der Waals surface area contributed by atoms with Gasteiger partial charge in [-0.3, -0.25) is 5.10 Å². The Kier molecular flexibility index (Phi) is 7.26. The number of aromatic amines is 1. The molecule has 0 radical (unpaired) electrons. The molecule has 2 aromatic carbocycles. The molecule has 41 heavy (non-hydrogen) atoms. The van der Waals surface area contributed by atoms with Gasteiger partial charge in [-0.25, -0.2) is 4.39 Å². The van der Waals surface area contributed by atoms with Crippen LogP contribution in [-0.4, -0.2) is 59.4 Å². The first-order chi connectivity index (χ1) is 19.8. The number of nitrogens with zero attached hydrogens (tertiary/aromatic N) is 2. The van der Waals surface area contributed by atoms with Gasteiger partial charge in [0.25, 0.3) is 0 Å². The highest BCUT2D eigenvalue weighted by atomic mass is 19.4. The number of anilines is 2. The number of nitrogens with one attached hydrogen (secondary N) is 4. The fourth-order valence-corrected chi connectivity index (χ4v) is 5.55. The highest BCUT2D eigenvalue weighted by Gasteiger charge is 2.30. The van der Waals surface area contributed by atoms with Crippen molar-refractivity contribution in [1.82, 2.24) is 20.1 Å². The van der Waals surface area contributed by atoms with Crippen LogP contribution in [0.3, 0.4) is 0 Å². The summed E-state index contributed by atoms with van der Waals surface area (Å²) in [6.07, 6.45) is -4.19. The first kappa shape index (κ1) is 27.0. The second-order valence-electron chi connectivity index (χ2n) is 10.4. The minimum absolute atomic E-state index is 0.202. The van der Waals surface area contributed by atoms with Crippen LogP contribution < -0.4 is 20.7 Å². The quantitative estimate of drug-likeness (QED) is 0.185. The summed E-state index contributed by atoms with van der Waals surface area (Å²) in [4.78, 5) is 0. The van der Waals surface area contributed by atoms with E-state index in [1.807, 2.05) is 25.1 Å². The van der Waals surface area contributed by atoms with E-state index in [0.717, 1.165) is 40.4 Å². The number of benzene rings is 2. The average Bonchev–Trinajstić information content (AvgIpc) is 3.67. The first-order valence-electron chi connectivity index (χ1n) is 13.6. The zero-order valence-corrected chi connectivity index (χ0v) is 22.5. The molecule has 2 atom stereocenters. The zero-order valence-electron chi connectivity index (χ0n) is 22.5. The minimum Gasteiger partial charge on any atom is -0.491 e. The Bertz CT molecular complexity index is 1630. The van der Waals surface area contributed by atoms with Gasteiger partial charge in [0.2, 0.25) is 0 Å². The molecule has 2 aliphatic rings. The maximum absolute atomic E-state index is 14.5. The molecule has 0 saturated carbocycles. The van der Waals surface area contributed by atoms with Crippen LogP contribution in [0.25, 0.3) is 22.2 Å². The van der Waals surface area contributed by atoms with E-state index >= 15 is 0 Å². The number of rotatable bonds is 6. The lowest BCUT2D eigenvalue weighted by molar-refractivity contribution is -0.140. The molecule has 7 nitrogen and oxygen atoms in total. The summed E-state index contributed by atoms with van der Waals surface area (Å²) in [5.74, 6) is 6.65. The van der Waals surface area contributed by atoms with Crippen LogP contribution >= 0.6 is 0 Å². The van der Waals surface area contributed by atoms with Crippen LogP contribution in [0, 0.1) is 18.8 Å². The van der Waals surface area contributed by atoms with E-state index < -0.39 is 24.9 Å². The molecule has 4 N–H and O–H groups in total. The molecule has 4 heterocycles. The van der Waals surface area contributed by atoms with E-state index in [1.165, 1.54) is 4.57 Å². The summed E-state index contributed by atoms with van der Waals surface area (Å²) < 4.78 is 62.2. The molecule has 2 aromatic heterocycles. The third-order valence-corrected chi connectivity index (χ3v) is 7.46. The molecule has 2 aliphatic heterocycles. The zero-order chi connectivity index (χ0) is 28.6. The predicted molar refractivity (Wildman–Crippen MR) is 151 cm³/mol. The number of halogens is 4. The first-order valence-corrected chi connectivity index (χ1v) is 13.6. The third kappa shape index (κ3) is 5.70. The van der Waals surface area contributed by atoms with Crippen LogP contribution in [-0.2, 0) is 13.0 Å². The summed E-state index contributed by atoms with van der Waals surface area (Å²) in [7, 11) is 0. The average molecular weight is 567 g/mol. The summed E-state index contributed by atoms with van der Waals surface area (Å²) in [6, 6.07) is 12.2. The molecule has 1 fully saturated rings. The SMILES string of the molecule is Cc1cc(-c2ccc(NCC#Cc3cc4c(N[C@@H]5CCNC[C@@H]5F)cccc4n3CC(F)(F)F)c3c2CCO3)n[nH]1. The number of fused-ring (bicyclic) bond motifs is 2. The van der Waals surface area contributed by atoms with E-state index in [0.29, 0.717) is 36.2 Å². The minimum atomic E-state index is -4.43. The molecular formula is C30H30F4N6O. The maximum Gasteiger partial charge on any atom is 0.406 e. The van der Waals surface area contributed by atoms with Gasteiger partial charge in [0.1, 0.15) is 18.5 Å². The van der Waals surface area contributed by atoms with Gasteiger partial charge in [-0.2, -0.15) is 18.3 Å². The molecule has 6 rings (SSSR count). The van der Waals surface area contributed by atoms with Crippen molar-refractivity contribution in [2.75, 3.05) is 36.9 Å². The smallest absolute Gasteiger partial charge is 0.406 e. The van der Waals surface area contributed by atoms with Gasteiger partial charge in [0, 0.05) is 40.9 Å². The van der Waals surface area contributed by atoms with Gasteiger partial charge in [-0.15, -0.1) is 0 Å². The largest absolute Gasteiger partial charge is 0.491 e. The second kappa shape index (κ2) is 11.0. The fourth-order valence-electron chi connectivity index (χ4n) is 5.55. The lowest BCUT2D eigenvalue weighted by Crippen LogP contribution is -2.45. The summed E-state index contributed by atoms with van der Waals surface area (Å²) in [5.41, 5.74) is 5.88. The fraction of sp³-hybridized carbons (Fsp3) is 0.367. The van der Waals surface area contributed by atoms with Gasteiger partial charge < -0.3 is 25.3 Å². The van der Waals surface area contributed by atoms with Crippen LogP contribution in [0.4, 0.5) is 28.9 Å². The van der Waals surface area contributed by atoms with E-state index in [4.69, 9.17) is 4.74 Å². The lowest BCUT2D eigenvalue weighted by atomic mass is 10.0. The number of hydrogen-bond donors (Lipinski definition) is 4. The number of H-pyrrole nitrogens is 1. The number of hydrogen-bond acceptors (Lipinski definition) is 5. The number of aryl methyl sites for hydroxylation is 1. The van der Waals surface area contributed by atoms with Crippen molar-refractivity contribution < 1.29 is 22.3 Å². The molecule has 4 aromatic rings. The standard InChI is InChI=1S/C30H30F4N6O/c1-18-14-27(39-38-18)20-7-8-26(29-21(20)10-13-41-29)36-11-3-4-19-15-22-24(37-25-9-12-35-16-23(25)31)5-2-6-28(22)40(19)17-30(32,33)34/h2,5-8,14-15,23,25,35-37H,9-13,16-17H2,1H3,(H,38,39)/t23-,25+/m0/s1. The van der Waals surface area contributed by atoms with Gasteiger partial charge in [0.15, 0.2) is 0 Å². The monoisotopic (exact) mass is 566 g/mol. The lowest BCUT2D eigenvalue weighted by Gasteiger charge is -2.28. The Hall–Kier alpha value is -4.17. The van der Waals surface area contributed by atoms with E-state index in [1.54, 1.807) is 24.3 Å². The van der Waals surface area contributed by atoms with E-state index in [-0.39, 0.29) is 18.8 Å². The van der Waals surface area contributed by atoms with Crippen molar-refractivity contribution in [1.29, 1.82) is 0 Å². The maximum atomic E-state index is 14.5. The Morgan fingerprint density at radius 1 is 1.17 bits per heavy atom. The van der Waals surface area contributed by atoms with E-state index in [2.05, 4.69) is 38.0 Å². The molecular weight excluding hydrogens is 536 g/mol. The number of ether oxygens (including phenoxy) is 1. The second-order valence-corrected chi connectivity index (χ2v) is 10.4. The van der Waals surface area contributed by atoms with Crippen molar-refractivity contribution >= 4 is 22.3 Å². The van der Waals surface area contributed by atoms with E-state index in [9.17, 15) is 17.6 Å². The van der Waals surface area contributed by atoms with Gasteiger partial charge in [0.05, 0.1) is 41.8 Å². The third-order valence-electron chi connectivity index (χ3n) is 7.46. The van der Waals surface area contributed by atoms with Crippen molar-refractivity contribution in [2.24, 2.45) is 0 Å². The molecule has 0 unspecified atom stereocenters. The topological polar surface area (TPSA) is 78.9 Å². The number of aromatic nitrogens is 3. The Morgan fingerprint density at radius 2 is 2.05 bits per heavy atom. The molecule has 0 amide bonds. The van der Waals surface area contributed by atoms with Crippen molar-refractivity contribution in [3.63, 3.8) is 0 Å². The predicted octanol–water partition coefficient (Wildman–Crippen LogP) is 5.41. The summed E-state index contributed by atoms with van der Waals surface area (Å²) in [5, 5.41) is 17.4. The van der Waals surface area contributed by atoms with Gasteiger partial charge in [-0.05, 0) is 56.1 Å². The molecule has 0 bridgehead atoms. The molecule has 1 saturated heterocycles. The summed E-state index contributed by atoms with van der Waals surface area (Å²) >= 11 is 0. The Morgan fingerprint density at radius 3 is 2.83 bits per heavy atom. The van der Waals surface area contributed by atoms with Crippen molar-refractivity contribution in [2.45, 2.75) is 44.7 Å². The normalized spacial score (nSPS) is 18.5. The number of piperidine rings is 1. The van der Waals surface area contributed by atoms with Crippen molar-refractivity contribution in [3.05, 3.63) is 59.4 Å². The van der Waals surface area contributed by atoms with Crippen LogP contribution in [0.5, 0.6) is 5.75 Å². The van der Waals surface area contributed by atoms with Crippen LogP contribution in [0.2, 0.25) is 0 Å². The van der Waals surface area contributed by atoms with Gasteiger partial charge >= 0.3 is 6.18 Å². The van der Waals surface area contributed by atoms with Crippen LogP contribution in [0.15, 0.2) is 42.5 Å². The number of alkyl halides is 4. The molecule has 11 heteroatoms. The highest BCUT2D eigenvalue weighted by molar-refractivity contribution is 5.94. The highest BCUT2D eigenvalue weighted by Crippen LogP contribution is 2.40. The molecule has 0 aliphatic carbocycles. The van der Waals surface area contributed by atoms with Crippen molar-refractivity contribution in [3.8, 4) is 28.8 Å².